The Balaban J connectivity index is 1.79. The van der Waals surface area contributed by atoms with Crippen molar-refractivity contribution in [2.75, 3.05) is 11.4 Å². The van der Waals surface area contributed by atoms with Crippen LogP contribution < -0.4 is 10.5 Å². The number of hydrogen-bond donors (Lipinski definition) is 0. The summed E-state index contributed by atoms with van der Waals surface area (Å²) in [6, 6.07) is 14.5. The lowest BCUT2D eigenvalue weighted by Gasteiger charge is -2.21. The van der Waals surface area contributed by atoms with Gasteiger partial charge in [0.15, 0.2) is 5.78 Å². The molecule has 2 heterocycles. The summed E-state index contributed by atoms with van der Waals surface area (Å²) in [5.74, 6) is -0.102. The third-order valence-corrected chi connectivity index (χ3v) is 6.11. The topological polar surface area (TPSA) is 80.5 Å². The van der Waals surface area contributed by atoms with Crippen LogP contribution in [0.4, 0.5) is 10.8 Å². The summed E-state index contributed by atoms with van der Waals surface area (Å²) >= 11 is 7.17. The first-order valence-corrected chi connectivity index (χ1v) is 11.2. The number of aromatic nitrogens is 4. The first-order valence-electron chi connectivity index (χ1n) is 10.0. The van der Waals surface area contributed by atoms with Crippen LogP contribution in [0.2, 0.25) is 5.02 Å². The van der Waals surface area contributed by atoms with Gasteiger partial charge in [0.25, 0.3) is 5.56 Å². The maximum Gasteiger partial charge on any atom is 0.297 e. The number of halogens is 1. The quantitative estimate of drug-likeness (QED) is 0.391. The van der Waals surface area contributed by atoms with Gasteiger partial charge in [0, 0.05) is 21.7 Å². The Labute approximate surface area is 194 Å². The van der Waals surface area contributed by atoms with Crippen LogP contribution in [0.25, 0.3) is 4.96 Å². The van der Waals surface area contributed by atoms with Gasteiger partial charge in [0.2, 0.25) is 10.1 Å². The van der Waals surface area contributed by atoms with E-state index >= 15 is 0 Å². The van der Waals surface area contributed by atoms with Crippen LogP contribution in [-0.2, 0) is 5.41 Å². The van der Waals surface area contributed by atoms with E-state index in [2.05, 4.69) is 15.3 Å². The van der Waals surface area contributed by atoms with Crippen LogP contribution in [0.3, 0.4) is 0 Å². The molecule has 0 bridgehead atoms. The molecule has 0 spiro atoms. The Morgan fingerprint density at radius 1 is 1.06 bits per heavy atom. The van der Waals surface area contributed by atoms with E-state index in [1.54, 1.807) is 29.2 Å². The van der Waals surface area contributed by atoms with Crippen molar-refractivity contribution < 1.29 is 4.79 Å². The molecule has 2 aromatic carbocycles. The molecule has 0 saturated heterocycles. The van der Waals surface area contributed by atoms with Crippen LogP contribution in [-0.4, -0.2) is 32.1 Å². The standard InChI is InChI=1S/C23H22ClN5O2S/c1-14-5-11-17(12-6-14)28(13-18(30)15-7-9-16(24)10-8-15)22-27-29-20(31)19(23(2,3)4)25-26-21(29)32-22/h5-12H,13H2,1-4H3. The first kappa shape index (κ1) is 22.1. The lowest BCUT2D eigenvalue weighted by atomic mass is 9.93. The molecular weight excluding hydrogens is 446 g/mol. The SMILES string of the molecule is Cc1ccc(N(CC(=O)c2ccc(Cl)cc2)c2nn3c(=O)c(C(C)(C)C)nnc3s2)cc1. The highest BCUT2D eigenvalue weighted by Gasteiger charge is 2.25. The highest BCUT2D eigenvalue weighted by atomic mass is 35.5. The van der Waals surface area contributed by atoms with Gasteiger partial charge in [0.1, 0.15) is 5.69 Å². The number of benzene rings is 2. The number of hydrogen-bond acceptors (Lipinski definition) is 7. The van der Waals surface area contributed by atoms with Crippen molar-refractivity contribution in [1.82, 2.24) is 19.8 Å². The molecule has 4 rings (SSSR count). The number of nitrogens with zero attached hydrogens (tertiary/aromatic N) is 5. The number of rotatable bonds is 5. The van der Waals surface area contributed by atoms with Gasteiger partial charge in [0.05, 0.1) is 6.54 Å². The second-order valence-electron chi connectivity index (χ2n) is 8.53. The largest absolute Gasteiger partial charge is 0.309 e. The predicted octanol–water partition coefficient (Wildman–Crippen LogP) is 4.83. The normalized spacial score (nSPS) is 11.7. The van der Waals surface area contributed by atoms with Crippen molar-refractivity contribution in [3.63, 3.8) is 0 Å². The molecule has 0 fully saturated rings. The summed E-state index contributed by atoms with van der Waals surface area (Å²) in [6.45, 7) is 7.75. The summed E-state index contributed by atoms with van der Waals surface area (Å²) in [5, 5.41) is 13.9. The zero-order chi connectivity index (χ0) is 23.0. The molecule has 32 heavy (non-hydrogen) atoms. The fraction of sp³-hybridized carbons (Fsp3) is 0.261. The van der Waals surface area contributed by atoms with Crippen molar-refractivity contribution in [1.29, 1.82) is 0 Å². The Hall–Kier alpha value is -3.10. The fourth-order valence-corrected chi connectivity index (χ4v) is 4.13. The third kappa shape index (κ3) is 4.42. The van der Waals surface area contributed by atoms with Crippen LogP contribution in [0.1, 0.15) is 42.4 Å². The van der Waals surface area contributed by atoms with Gasteiger partial charge in [-0.2, -0.15) is 4.52 Å². The van der Waals surface area contributed by atoms with Crippen LogP contribution >= 0.6 is 22.9 Å². The molecule has 9 heteroatoms. The molecule has 0 saturated carbocycles. The Morgan fingerprint density at radius 2 is 1.72 bits per heavy atom. The van der Waals surface area contributed by atoms with Gasteiger partial charge in [-0.15, -0.1) is 15.3 Å². The molecule has 0 atom stereocenters. The van der Waals surface area contributed by atoms with Crippen molar-refractivity contribution in [2.45, 2.75) is 33.1 Å². The molecule has 0 aliphatic rings. The maximum absolute atomic E-state index is 13.0. The van der Waals surface area contributed by atoms with Gasteiger partial charge in [-0.25, -0.2) is 0 Å². The van der Waals surface area contributed by atoms with E-state index in [9.17, 15) is 9.59 Å². The number of ketones is 1. The summed E-state index contributed by atoms with van der Waals surface area (Å²) in [5.41, 5.74) is 1.99. The minimum atomic E-state index is -0.462. The minimum Gasteiger partial charge on any atom is -0.309 e. The zero-order valence-electron chi connectivity index (χ0n) is 18.2. The van der Waals surface area contributed by atoms with Crippen LogP contribution in [0.15, 0.2) is 53.3 Å². The second-order valence-corrected chi connectivity index (χ2v) is 9.91. The summed E-state index contributed by atoms with van der Waals surface area (Å²) in [4.78, 5) is 28.2. The average Bonchev–Trinajstić information content (AvgIpc) is 3.17. The molecule has 0 amide bonds. The fourth-order valence-electron chi connectivity index (χ4n) is 3.15. The Kier molecular flexibility index (Phi) is 5.83. The van der Waals surface area contributed by atoms with Crippen LogP contribution in [0, 0.1) is 6.92 Å². The zero-order valence-corrected chi connectivity index (χ0v) is 19.7. The average molecular weight is 468 g/mol. The van der Waals surface area contributed by atoms with E-state index in [4.69, 9.17) is 11.6 Å². The number of anilines is 2. The molecule has 0 aliphatic carbocycles. The molecule has 0 unspecified atom stereocenters. The number of carbonyl (C=O) groups excluding carboxylic acids is 1. The first-order chi connectivity index (χ1) is 15.1. The molecule has 0 N–H and O–H groups in total. The predicted molar refractivity (Wildman–Crippen MR) is 128 cm³/mol. The molecule has 0 aliphatic heterocycles. The van der Waals surface area contributed by atoms with Crippen molar-refractivity contribution in [3.8, 4) is 0 Å². The van der Waals surface area contributed by atoms with Crippen molar-refractivity contribution in [2.24, 2.45) is 0 Å². The number of Topliss-reactive ketones (excluding diaryl/α,β-unsaturated/α-hetero) is 1. The molecule has 0 radical (unpaired) electrons. The van der Waals surface area contributed by atoms with Gasteiger partial charge < -0.3 is 4.90 Å². The van der Waals surface area contributed by atoms with Crippen molar-refractivity contribution in [3.05, 3.63) is 80.7 Å². The van der Waals surface area contributed by atoms with Gasteiger partial charge in [-0.3, -0.25) is 9.59 Å². The van der Waals surface area contributed by atoms with E-state index in [1.165, 1.54) is 15.9 Å². The number of fused-ring (bicyclic) bond motifs is 1. The number of carbonyl (C=O) groups is 1. The lowest BCUT2D eigenvalue weighted by molar-refractivity contribution is 0.100. The summed E-state index contributed by atoms with van der Waals surface area (Å²) < 4.78 is 1.27. The molecule has 7 nitrogen and oxygen atoms in total. The summed E-state index contributed by atoms with van der Waals surface area (Å²) in [7, 11) is 0. The van der Waals surface area contributed by atoms with E-state index in [-0.39, 0.29) is 17.9 Å². The maximum atomic E-state index is 13.0. The van der Waals surface area contributed by atoms with Gasteiger partial charge in [-0.1, -0.05) is 61.4 Å². The van der Waals surface area contributed by atoms with E-state index in [1.807, 2.05) is 52.0 Å². The molecule has 2 aromatic heterocycles. The molecule has 164 valence electrons. The minimum absolute atomic E-state index is 0.0405. The second kappa shape index (κ2) is 8.44. The Morgan fingerprint density at radius 3 is 2.34 bits per heavy atom. The molecular formula is C23H22ClN5O2S. The smallest absolute Gasteiger partial charge is 0.297 e. The van der Waals surface area contributed by atoms with Gasteiger partial charge >= 0.3 is 0 Å². The highest BCUT2D eigenvalue weighted by Crippen LogP contribution is 2.30. The number of aryl methyl sites for hydroxylation is 1. The summed E-state index contributed by atoms with van der Waals surface area (Å²) in [6.07, 6.45) is 0. The highest BCUT2D eigenvalue weighted by molar-refractivity contribution is 7.20. The third-order valence-electron chi connectivity index (χ3n) is 4.93. The van der Waals surface area contributed by atoms with E-state index in [0.717, 1.165) is 11.3 Å². The van der Waals surface area contributed by atoms with E-state index < -0.39 is 5.41 Å². The van der Waals surface area contributed by atoms with Crippen molar-refractivity contribution >= 4 is 44.5 Å². The van der Waals surface area contributed by atoms with Gasteiger partial charge in [-0.05, 0) is 43.3 Å². The Bertz CT molecular complexity index is 1340. The molecule has 4 aromatic rings. The van der Waals surface area contributed by atoms with E-state index in [0.29, 0.717) is 26.4 Å². The monoisotopic (exact) mass is 467 g/mol. The van der Waals surface area contributed by atoms with Crippen LogP contribution in [0.5, 0.6) is 0 Å². The lowest BCUT2D eigenvalue weighted by Crippen LogP contribution is -2.30.